The van der Waals surface area contributed by atoms with Gasteiger partial charge in [-0.1, -0.05) is 6.07 Å². The van der Waals surface area contributed by atoms with Gasteiger partial charge in [-0.05, 0) is 57.1 Å². The van der Waals surface area contributed by atoms with Crippen LogP contribution in [0.5, 0.6) is 0 Å². The Hall–Kier alpha value is -2.45. The average molecular weight is 559 g/mol. The molecule has 38 heavy (non-hydrogen) atoms. The number of aromatic nitrogens is 1. The fourth-order valence-corrected chi connectivity index (χ4v) is 4.36. The van der Waals surface area contributed by atoms with Crippen molar-refractivity contribution in [1.29, 1.82) is 0 Å². The zero-order valence-corrected chi connectivity index (χ0v) is 20.9. The number of carboxylic acids is 2. The predicted molar refractivity (Wildman–Crippen MR) is 121 cm³/mol. The zero-order valence-electron chi connectivity index (χ0n) is 20.9. The first kappa shape index (κ1) is 31.8. The first-order valence-electron chi connectivity index (χ1n) is 12.1. The highest BCUT2D eigenvalue weighted by Gasteiger charge is 2.46. The number of aryl methyl sites for hydroxylation is 1. The molecule has 0 aromatic carbocycles. The molecule has 8 nitrogen and oxygen atoms in total. The van der Waals surface area contributed by atoms with Gasteiger partial charge in [-0.3, -0.25) is 9.88 Å². The number of hydrogen-bond acceptors (Lipinski definition) is 6. The van der Waals surface area contributed by atoms with Crippen molar-refractivity contribution in [2.45, 2.75) is 64.0 Å². The summed E-state index contributed by atoms with van der Waals surface area (Å²) in [5.74, 6) is -4.68. The lowest BCUT2D eigenvalue weighted by atomic mass is 9.73. The van der Waals surface area contributed by atoms with Gasteiger partial charge < -0.3 is 19.7 Å². The molecule has 1 aromatic heterocycles. The second kappa shape index (κ2) is 13.6. The van der Waals surface area contributed by atoms with Crippen LogP contribution in [0.4, 0.5) is 26.3 Å². The lowest BCUT2D eigenvalue weighted by molar-refractivity contribution is -0.193. The quantitative estimate of drug-likeness (QED) is 0.493. The van der Waals surface area contributed by atoms with E-state index in [4.69, 9.17) is 29.3 Å². The van der Waals surface area contributed by atoms with Crippen molar-refractivity contribution in [2.24, 2.45) is 11.3 Å². The minimum absolute atomic E-state index is 0.190. The predicted octanol–water partition coefficient (Wildman–Crippen LogP) is 4.45. The first-order valence-corrected chi connectivity index (χ1v) is 12.1. The summed E-state index contributed by atoms with van der Waals surface area (Å²) in [5, 5.41) is 14.2. The lowest BCUT2D eigenvalue weighted by Gasteiger charge is -2.50. The third-order valence-electron chi connectivity index (χ3n) is 6.32. The SMILES string of the molecule is Cc1cccc(CN2CCC3OCCCC3(COCC3CC3)C2)n1.O=C(O)C(F)(F)F.O=C(O)C(F)(F)F. The Morgan fingerprint density at radius 2 is 1.71 bits per heavy atom. The summed E-state index contributed by atoms with van der Waals surface area (Å²) in [6, 6.07) is 6.33. The van der Waals surface area contributed by atoms with Gasteiger partial charge in [-0.15, -0.1) is 0 Å². The number of rotatable bonds is 6. The maximum atomic E-state index is 10.6. The Kier molecular flexibility index (Phi) is 11.3. The number of nitrogens with zero attached hydrogens (tertiary/aromatic N) is 2. The highest BCUT2D eigenvalue weighted by Crippen LogP contribution is 2.41. The molecule has 0 bridgehead atoms. The van der Waals surface area contributed by atoms with Crippen LogP contribution in [0.25, 0.3) is 0 Å². The minimum atomic E-state index is -5.08. The molecule has 3 aliphatic rings. The molecule has 0 amide bonds. The van der Waals surface area contributed by atoms with Crippen LogP contribution in [-0.2, 0) is 25.6 Å². The fraction of sp³-hybridized carbons (Fsp3) is 0.708. The first-order chi connectivity index (χ1) is 17.6. The van der Waals surface area contributed by atoms with Crippen LogP contribution in [-0.4, -0.2) is 83.4 Å². The molecule has 0 radical (unpaired) electrons. The van der Waals surface area contributed by atoms with Gasteiger partial charge in [0.05, 0.1) is 18.4 Å². The van der Waals surface area contributed by atoms with Gasteiger partial charge >= 0.3 is 24.3 Å². The van der Waals surface area contributed by atoms with Crippen molar-refractivity contribution in [3.05, 3.63) is 29.6 Å². The standard InChI is InChI=1S/C20H30N2O2.2C2HF3O2/c1-16-4-2-5-18(21-16)12-22-10-8-19-20(14-22,9-3-11-24-19)15-23-13-17-6-7-17;2*3-2(4,5)1(6)7/h2,4-5,17,19H,3,6-15H2,1H3;2*(H,6,7). The molecule has 3 heterocycles. The van der Waals surface area contributed by atoms with Crippen LogP contribution in [0.15, 0.2) is 18.2 Å². The summed E-state index contributed by atoms with van der Waals surface area (Å²) in [4.78, 5) is 25.0. The number of ether oxygens (including phenoxy) is 2. The average Bonchev–Trinajstić information content (AvgIpc) is 3.63. The molecule has 2 aliphatic heterocycles. The summed E-state index contributed by atoms with van der Waals surface area (Å²) in [7, 11) is 0. The summed E-state index contributed by atoms with van der Waals surface area (Å²) in [6.07, 6.45) is -3.54. The summed E-state index contributed by atoms with van der Waals surface area (Å²) in [6.45, 7) is 7.94. The number of pyridine rings is 1. The second-order valence-corrected chi connectivity index (χ2v) is 9.66. The van der Waals surface area contributed by atoms with E-state index in [2.05, 4.69) is 35.0 Å². The van der Waals surface area contributed by atoms with Crippen molar-refractivity contribution < 1.29 is 55.6 Å². The van der Waals surface area contributed by atoms with E-state index in [1.54, 1.807) is 0 Å². The summed E-state index contributed by atoms with van der Waals surface area (Å²) < 4.78 is 75.8. The number of alkyl halides is 6. The Morgan fingerprint density at radius 3 is 2.24 bits per heavy atom. The highest BCUT2D eigenvalue weighted by atomic mass is 19.4. The molecule has 4 rings (SSSR count). The smallest absolute Gasteiger partial charge is 0.475 e. The number of fused-ring (bicyclic) bond motifs is 1. The molecule has 2 saturated heterocycles. The van der Waals surface area contributed by atoms with Crippen LogP contribution in [0, 0.1) is 18.3 Å². The third kappa shape index (κ3) is 10.7. The van der Waals surface area contributed by atoms with E-state index in [1.165, 1.54) is 31.4 Å². The normalized spacial score (nSPS) is 23.7. The largest absolute Gasteiger partial charge is 0.490 e. The van der Waals surface area contributed by atoms with Crippen molar-refractivity contribution in [2.75, 3.05) is 32.9 Å². The molecule has 0 spiro atoms. The van der Waals surface area contributed by atoms with Gasteiger partial charge in [0.25, 0.3) is 0 Å². The van der Waals surface area contributed by atoms with Crippen molar-refractivity contribution in [1.82, 2.24) is 9.88 Å². The molecule has 1 aliphatic carbocycles. The van der Waals surface area contributed by atoms with Crippen LogP contribution in [0.3, 0.4) is 0 Å². The van der Waals surface area contributed by atoms with Crippen LogP contribution in [0.1, 0.15) is 43.5 Å². The maximum absolute atomic E-state index is 10.6. The van der Waals surface area contributed by atoms with Gasteiger partial charge in [-0.25, -0.2) is 9.59 Å². The Balaban J connectivity index is 0.000000301. The molecule has 2 N–H and O–H groups in total. The van der Waals surface area contributed by atoms with Crippen LogP contribution < -0.4 is 0 Å². The van der Waals surface area contributed by atoms with Crippen molar-refractivity contribution in [3.8, 4) is 0 Å². The van der Waals surface area contributed by atoms with Gasteiger partial charge in [-0.2, -0.15) is 26.3 Å². The maximum Gasteiger partial charge on any atom is 0.490 e. The molecule has 1 aromatic rings. The van der Waals surface area contributed by atoms with Gasteiger partial charge in [0.15, 0.2) is 0 Å². The molecule has 3 fully saturated rings. The second-order valence-electron chi connectivity index (χ2n) is 9.66. The van der Waals surface area contributed by atoms with Gasteiger partial charge in [0.2, 0.25) is 0 Å². The minimum Gasteiger partial charge on any atom is -0.475 e. The number of halogens is 6. The number of carbonyl (C=O) groups is 2. The van der Waals surface area contributed by atoms with E-state index >= 15 is 0 Å². The number of hydrogen-bond donors (Lipinski definition) is 2. The van der Waals surface area contributed by atoms with Crippen LogP contribution >= 0.6 is 0 Å². The highest BCUT2D eigenvalue weighted by molar-refractivity contribution is 5.73. The Bertz CT molecular complexity index is 900. The Morgan fingerprint density at radius 1 is 1.11 bits per heavy atom. The number of piperidine rings is 1. The number of likely N-dealkylation sites (tertiary alicyclic amines) is 1. The van der Waals surface area contributed by atoms with Crippen molar-refractivity contribution >= 4 is 11.9 Å². The van der Waals surface area contributed by atoms with Crippen LogP contribution in [0.2, 0.25) is 0 Å². The van der Waals surface area contributed by atoms with Crippen molar-refractivity contribution in [3.63, 3.8) is 0 Å². The summed E-state index contributed by atoms with van der Waals surface area (Å²) >= 11 is 0. The Labute approximate surface area is 215 Å². The zero-order chi connectivity index (χ0) is 28.6. The number of carboxylic acid groups (broad SMARTS) is 2. The molecule has 1 saturated carbocycles. The molecule has 216 valence electrons. The molecular formula is C24H32F6N2O6. The molecule has 2 atom stereocenters. The molecule has 2 unspecified atom stereocenters. The van der Waals surface area contributed by atoms with E-state index in [0.29, 0.717) is 6.10 Å². The topological polar surface area (TPSA) is 109 Å². The lowest BCUT2D eigenvalue weighted by Crippen LogP contribution is -2.56. The van der Waals surface area contributed by atoms with E-state index in [9.17, 15) is 26.3 Å². The van der Waals surface area contributed by atoms with E-state index in [0.717, 1.165) is 57.5 Å². The molecule has 14 heteroatoms. The van der Waals surface area contributed by atoms with E-state index in [1.807, 2.05) is 0 Å². The molecular weight excluding hydrogens is 526 g/mol. The summed E-state index contributed by atoms with van der Waals surface area (Å²) in [5.41, 5.74) is 2.47. The van der Waals surface area contributed by atoms with E-state index < -0.39 is 24.3 Å². The third-order valence-corrected chi connectivity index (χ3v) is 6.32. The van der Waals surface area contributed by atoms with Gasteiger partial charge in [0.1, 0.15) is 0 Å². The fourth-order valence-electron chi connectivity index (χ4n) is 4.36. The van der Waals surface area contributed by atoms with Gasteiger partial charge in [0, 0.05) is 44.0 Å². The number of aliphatic carboxylic acids is 2. The monoisotopic (exact) mass is 558 g/mol. The van der Waals surface area contributed by atoms with E-state index in [-0.39, 0.29) is 5.41 Å².